The van der Waals surface area contributed by atoms with Crippen molar-refractivity contribution in [3.8, 4) is 16.9 Å². The average molecular weight is 636 g/mol. The van der Waals surface area contributed by atoms with Crippen molar-refractivity contribution >= 4 is 67.5 Å². The highest BCUT2D eigenvalue weighted by Crippen LogP contribution is 2.37. The van der Waals surface area contributed by atoms with Crippen LogP contribution in [-0.2, 0) is 16.1 Å². The minimum absolute atomic E-state index is 0.0782. The number of rotatable bonds is 10. The maximum absolute atomic E-state index is 12.9. The molecule has 0 bridgehead atoms. The molecule has 38 heavy (non-hydrogen) atoms. The van der Waals surface area contributed by atoms with Crippen LogP contribution in [0.15, 0.2) is 63.5 Å². The number of esters is 1. The molecule has 0 saturated heterocycles. The molecule has 8 nitrogen and oxygen atoms in total. The number of ether oxygens (including phenoxy) is 2. The number of carbonyl (C=O) groups is 2. The molecule has 0 radical (unpaired) electrons. The van der Waals surface area contributed by atoms with Crippen LogP contribution in [0.5, 0.6) is 5.75 Å². The fourth-order valence-electron chi connectivity index (χ4n) is 3.66. The first-order valence-corrected chi connectivity index (χ1v) is 14.6. The standard InChI is InChI=1S/C26H24BrClN4O4S2/c1-4-32-23(15(2)36-19-11-7-17(27)8-12-19)30-31-26(32)38-14-21(33)29-24-22(25(34)35-3)20(13-37-24)16-5-9-18(28)10-6-16/h5-13,15H,4,14H2,1-3H3,(H,29,33). The van der Waals surface area contributed by atoms with E-state index in [2.05, 4.69) is 31.4 Å². The summed E-state index contributed by atoms with van der Waals surface area (Å²) >= 11 is 11.9. The molecular weight excluding hydrogens is 612 g/mol. The second-order valence-electron chi connectivity index (χ2n) is 7.99. The first kappa shape index (κ1) is 28.2. The third-order valence-electron chi connectivity index (χ3n) is 5.47. The number of carbonyl (C=O) groups excluding carboxylic acids is 2. The third kappa shape index (κ3) is 6.58. The highest BCUT2D eigenvalue weighted by molar-refractivity contribution is 9.10. The van der Waals surface area contributed by atoms with E-state index in [0.717, 1.165) is 15.8 Å². The zero-order valence-electron chi connectivity index (χ0n) is 20.7. The zero-order chi connectivity index (χ0) is 27.2. The van der Waals surface area contributed by atoms with E-state index in [1.165, 1.54) is 30.2 Å². The Kier molecular flexibility index (Phi) is 9.48. The minimum atomic E-state index is -0.533. The van der Waals surface area contributed by atoms with E-state index in [-0.39, 0.29) is 17.8 Å². The van der Waals surface area contributed by atoms with Gasteiger partial charge < -0.3 is 19.4 Å². The molecule has 2 heterocycles. The summed E-state index contributed by atoms with van der Waals surface area (Å²) in [6.07, 6.45) is -0.341. The topological polar surface area (TPSA) is 95.3 Å². The van der Waals surface area contributed by atoms with Gasteiger partial charge in [0.2, 0.25) is 5.91 Å². The van der Waals surface area contributed by atoms with Crippen LogP contribution < -0.4 is 10.1 Å². The molecule has 1 N–H and O–H groups in total. The van der Waals surface area contributed by atoms with Gasteiger partial charge in [-0.15, -0.1) is 21.5 Å². The number of halogens is 2. The quantitative estimate of drug-likeness (QED) is 0.147. The summed E-state index contributed by atoms with van der Waals surface area (Å²) in [5, 5.41) is 14.9. The van der Waals surface area contributed by atoms with Gasteiger partial charge in [0, 0.05) is 27.0 Å². The summed E-state index contributed by atoms with van der Waals surface area (Å²) in [6, 6.07) is 14.7. The van der Waals surface area contributed by atoms with Crippen LogP contribution in [0, 0.1) is 0 Å². The van der Waals surface area contributed by atoms with Crippen molar-refractivity contribution in [2.24, 2.45) is 0 Å². The number of amides is 1. The second kappa shape index (κ2) is 12.8. The molecule has 0 spiro atoms. The number of aromatic nitrogens is 3. The van der Waals surface area contributed by atoms with E-state index in [1.54, 1.807) is 12.1 Å². The smallest absolute Gasteiger partial charge is 0.341 e. The van der Waals surface area contributed by atoms with Crippen LogP contribution in [0.4, 0.5) is 5.00 Å². The number of thiophene rings is 1. The van der Waals surface area contributed by atoms with Gasteiger partial charge in [0.05, 0.1) is 12.9 Å². The van der Waals surface area contributed by atoms with E-state index in [4.69, 9.17) is 21.1 Å². The molecule has 1 unspecified atom stereocenters. The van der Waals surface area contributed by atoms with Gasteiger partial charge in [-0.2, -0.15) is 0 Å². The summed E-state index contributed by atoms with van der Waals surface area (Å²) in [4.78, 5) is 25.4. The molecule has 0 aliphatic carbocycles. The third-order valence-corrected chi connectivity index (χ3v) is 8.12. The Morgan fingerprint density at radius 3 is 2.53 bits per heavy atom. The molecule has 0 aliphatic rings. The van der Waals surface area contributed by atoms with Crippen LogP contribution >= 0.6 is 50.6 Å². The van der Waals surface area contributed by atoms with Crippen LogP contribution in [0.3, 0.4) is 0 Å². The number of hydrogen-bond donors (Lipinski definition) is 1. The number of methoxy groups -OCH3 is 1. The summed E-state index contributed by atoms with van der Waals surface area (Å²) in [5.74, 6) is 0.646. The van der Waals surface area contributed by atoms with E-state index in [9.17, 15) is 9.59 Å². The fraction of sp³-hybridized carbons (Fsp3) is 0.231. The predicted octanol–water partition coefficient (Wildman–Crippen LogP) is 7.10. The fourth-order valence-corrected chi connectivity index (χ4v) is 5.84. The Morgan fingerprint density at radius 1 is 1.16 bits per heavy atom. The van der Waals surface area contributed by atoms with Gasteiger partial charge in [-0.1, -0.05) is 51.4 Å². The van der Waals surface area contributed by atoms with Gasteiger partial charge in [-0.25, -0.2) is 4.79 Å². The number of nitrogens with one attached hydrogen (secondary N) is 1. The molecule has 0 aliphatic heterocycles. The average Bonchev–Trinajstić information content (AvgIpc) is 3.52. The summed E-state index contributed by atoms with van der Waals surface area (Å²) in [6.45, 7) is 4.50. The van der Waals surface area contributed by atoms with Crippen molar-refractivity contribution in [2.75, 3.05) is 18.2 Å². The lowest BCUT2D eigenvalue weighted by Gasteiger charge is -2.15. The van der Waals surface area contributed by atoms with Gasteiger partial charge in [0.15, 0.2) is 17.1 Å². The van der Waals surface area contributed by atoms with Crippen LogP contribution in [0.1, 0.15) is 36.1 Å². The largest absolute Gasteiger partial charge is 0.483 e. The van der Waals surface area contributed by atoms with Crippen molar-refractivity contribution in [1.29, 1.82) is 0 Å². The second-order valence-corrected chi connectivity index (χ2v) is 11.2. The number of nitrogens with zero attached hydrogens (tertiary/aromatic N) is 3. The lowest BCUT2D eigenvalue weighted by molar-refractivity contribution is -0.113. The minimum Gasteiger partial charge on any atom is -0.483 e. The highest BCUT2D eigenvalue weighted by Gasteiger charge is 2.23. The molecule has 1 atom stereocenters. The molecule has 4 rings (SSSR count). The van der Waals surface area contributed by atoms with Gasteiger partial charge in [-0.3, -0.25) is 4.79 Å². The van der Waals surface area contributed by atoms with Gasteiger partial charge in [-0.05, 0) is 55.8 Å². The Balaban J connectivity index is 1.45. The monoisotopic (exact) mass is 634 g/mol. The van der Waals surface area contributed by atoms with Crippen LogP contribution in [0.2, 0.25) is 5.02 Å². The Bertz CT molecular complexity index is 1420. The normalized spacial score (nSPS) is 11.7. The maximum atomic E-state index is 12.9. The van der Waals surface area contributed by atoms with Crippen molar-refractivity contribution < 1.29 is 19.1 Å². The van der Waals surface area contributed by atoms with Crippen LogP contribution in [0.25, 0.3) is 11.1 Å². The van der Waals surface area contributed by atoms with Crippen molar-refractivity contribution in [2.45, 2.75) is 31.7 Å². The first-order chi connectivity index (χ1) is 18.3. The molecule has 0 fully saturated rings. The number of hydrogen-bond acceptors (Lipinski definition) is 8. The predicted molar refractivity (Wildman–Crippen MR) is 154 cm³/mol. The molecule has 1 amide bonds. The lowest BCUT2D eigenvalue weighted by atomic mass is 10.0. The van der Waals surface area contributed by atoms with Crippen molar-refractivity contribution in [1.82, 2.24) is 14.8 Å². The van der Waals surface area contributed by atoms with E-state index in [1.807, 2.05) is 60.2 Å². The Hall–Kier alpha value is -2.86. The van der Waals surface area contributed by atoms with E-state index >= 15 is 0 Å². The van der Waals surface area contributed by atoms with Crippen molar-refractivity contribution in [3.05, 3.63) is 74.8 Å². The molecule has 0 saturated carbocycles. The molecule has 2 aromatic carbocycles. The summed E-state index contributed by atoms with van der Waals surface area (Å²) < 4.78 is 13.9. The summed E-state index contributed by atoms with van der Waals surface area (Å²) in [7, 11) is 1.31. The number of anilines is 1. The van der Waals surface area contributed by atoms with Gasteiger partial charge >= 0.3 is 5.97 Å². The van der Waals surface area contributed by atoms with Gasteiger partial charge in [0.25, 0.3) is 0 Å². The van der Waals surface area contributed by atoms with E-state index < -0.39 is 5.97 Å². The maximum Gasteiger partial charge on any atom is 0.341 e. The molecule has 12 heteroatoms. The van der Waals surface area contributed by atoms with E-state index in [0.29, 0.717) is 38.7 Å². The van der Waals surface area contributed by atoms with Crippen LogP contribution in [-0.4, -0.2) is 39.5 Å². The highest BCUT2D eigenvalue weighted by atomic mass is 79.9. The molecular formula is C26H24BrClN4O4S2. The molecule has 2 aromatic heterocycles. The lowest BCUT2D eigenvalue weighted by Crippen LogP contribution is -2.17. The number of benzene rings is 2. The summed E-state index contributed by atoms with van der Waals surface area (Å²) in [5.41, 5.74) is 1.76. The Labute approximate surface area is 241 Å². The zero-order valence-corrected chi connectivity index (χ0v) is 24.7. The van der Waals surface area contributed by atoms with Crippen molar-refractivity contribution in [3.63, 3.8) is 0 Å². The SMILES string of the molecule is CCn1c(SCC(=O)Nc2scc(-c3ccc(Cl)cc3)c2C(=O)OC)nnc1C(C)Oc1ccc(Br)cc1. The Morgan fingerprint density at radius 2 is 1.87 bits per heavy atom. The number of thioether (sulfide) groups is 1. The molecule has 198 valence electrons. The first-order valence-electron chi connectivity index (χ1n) is 11.5. The van der Waals surface area contributed by atoms with Gasteiger partial charge in [0.1, 0.15) is 16.3 Å². The molecule has 4 aromatic rings.